The second-order valence-electron chi connectivity index (χ2n) is 10.4. The lowest BCUT2D eigenvalue weighted by Crippen LogP contribution is -2.44. The number of ketones is 2. The molecule has 1 aliphatic heterocycles. The van der Waals surface area contributed by atoms with E-state index in [-0.39, 0.29) is 48.9 Å². The number of nitrogens with zero attached hydrogens (tertiary/aromatic N) is 1. The third-order valence-electron chi connectivity index (χ3n) is 6.98. The summed E-state index contributed by atoms with van der Waals surface area (Å²) in [6.45, 7) is 5.20. The maximum Gasteiger partial charge on any atom is 0.308 e. The van der Waals surface area contributed by atoms with Crippen molar-refractivity contribution in [2.45, 2.75) is 71.2 Å². The fourth-order valence-corrected chi connectivity index (χ4v) is 4.47. The molecule has 0 spiro atoms. The summed E-state index contributed by atoms with van der Waals surface area (Å²) in [7, 11) is 0. The van der Waals surface area contributed by atoms with Gasteiger partial charge in [-0.15, -0.1) is 0 Å². The summed E-state index contributed by atoms with van der Waals surface area (Å²) in [5.74, 6) is -2.64. The molecule has 0 bridgehead atoms. The van der Waals surface area contributed by atoms with Crippen molar-refractivity contribution < 1.29 is 44.4 Å². The molecule has 0 saturated carbocycles. The van der Waals surface area contributed by atoms with Crippen molar-refractivity contribution in [1.82, 2.24) is 4.73 Å². The predicted octanol–water partition coefficient (Wildman–Crippen LogP) is 2.86. The number of cyclic esters (lactones) is 1. The minimum Gasteiger partial charge on any atom is -0.508 e. The van der Waals surface area contributed by atoms with Crippen LogP contribution in [0.2, 0.25) is 0 Å². The second-order valence-corrected chi connectivity index (χ2v) is 10.4. The van der Waals surface area contributed by atoms with Crippen LogP contribution >= 0.6 is 0 Å². The van der Waals surface area contributed by atoms with Crippen molar-refractivity contribution in [3.05, 3.63) is 70.2 Å². The van der Waals surface area contributed by atoms with Gasteiger partial charge in [0.15, 0.2) is 11.9 Å². The number of esters is 1. The van der Waals surface area contributed by atoms with Crippen LogP contribution in [0, 0.1) is 5.92 Å². The van der Waals surface area contributed by atoms with Gasteiger partial charge in [0, 0.05) is 30.9 Å². The van der Waals surface area contributed by atoms with Gasteiger partial charge in [0.2, 0.25) is 0 Å². The number of pyridine rings is 1. The molecule has 4 atom stereocenters. The molecule has 11 heteroatoms. The van der Waals surface area contributed by atoms with E-state index in [1.807, 2.05) is 6.92 Å². The van der Waals surface area contributed by atoms with Gasteiger partial charge >= 0.3 is 5.97 Å². The monoisotopic (exact) mass is 583 g/mol. The first-order valence-electron chi connectivity index (χ1n) is 13.8. The smallest absolute Gasteiger partial charge is 0.308 e. The lowest BCUT2D eigenvalue weighted by Gasteiger charge is -2.26. The Balaban J connectivity index is 2.08. The molecule has 2 aromatic rings. The van der Waals surface area contributed by atoms with Crippen LogP contribution in [-0.4, -0.2) is 67.6 Å². The van der Waals surface area contributed by atoms with E-state index in [4.69, 9.17) is 9.57 Å². The first-order valence-corrected chi connectivity index (χ1v) is 13.8. The zero-order chi connectivity index (χ0) is 31.0. The molecule has 0 radical (unpaired) electrons. The van der Waals surface area contributed by atoms with Gasteiger partial charge in [-0.2, -0.15) is 4.73 Å². The van der Waals surface area contributed by atoms with Crippen LogP contribution in [-0.2, 0) is 14.3 Å². The summed E-state index contributed by atoms with van der Waals surface area (Å²) >= 11 is 0. The number of carbonyl (C=O) groups is 3. The normalized spacial score (nSPS) is 21.2. The van der Waals surface area contributed by atoms with E-state index in [9.17, 15) is 39.6 Å². The van der Waals surface area contributed by atoms with Crippen LogP contribution in [0.4, 0.5) is 0 Å². The molecule has 1 unspecified atom stereocenters. The number of carbonyl (C=O) groups excluding carboxylic acids is 3. The molecular weight excluding hydrogens is 546 g/mol. The number of benzene rings is 1. The Hall–Kier alpha value is -4.22. The Morgan fingerprint density at radius 3 is 2.48 bits per heavy atom. The molecule has 3 rings (SSSR count). The van der Waals surface area contributed by atoms with E-state index < -0.39 is 53.4 Å². The van der Waals surface area contributed by atoms with Gasteiger partial charge in [0.05, 0.1) is 18.7 Å². The number of aromatic nitrogens is 1. The van der Waals surface area contributed by atoms with E-state index in [0.717, 1.165) is 12.3 Å². The van der Waals surface area contributed by atoms with Crippen LogP contribution in [0.5, 0.6) is 11.5 Å². The lowest BCUT2D eigenvalue weighted by molar-refractivity contribution is -0.156. The van der Waals surface area contributed by atoms with Crippen molar-refractivity contribution in [2.24, 2.45) is 5.92 Å². The first kappa shape index (κ1) is 32.3. The average Bonchev–Trinajstić information content (AvgIpc) is 2.94. The maximum absolute atomic E-state index is 13.5. The Morgan fingerprint density at radius 2 is 1.83 bits per heavy atom. The number of phenolic OH excluding ortho intramolecular Hbond substituents is 1. The van der Waals surface area contributed by atoms with Crippen LogP contribution in [0.3, 0.4) is 0 Å². The number of rotatable bonds is 9. The van der Waals surface area contributed by atoms with Gasteiger partial charge in [-0.25, -0.2) is 0 Å². The quantitative estimate of drug-likeness (QED) is 0.149. The third kappa shape index (κ3) is 8.40. The molecule has 1 aromatic carbocycles. The largest absolute Gasteiger partial charge is 0.508 e. The second kappa shape index (κ2) is 14.6. The number of hydrogen-bond acceptors (Lipinski definition) is 10. The topological polar surface area (TPSA) is 173 Å². The van der Waals surface area contributed by atoms with E-state index in [1.165, 1.54) is 30.3 Å². The molecule has 1 fully saturated rings. The molecule has 226 valence electrons. The summed E-state index contributed by atoms with van der Waals surface area (Å²) in [6.07, 6.45) is 2.29. The SMILES string of the molecule is CC[C@H](/C=C(C)/C=C/C(=O)c1c(O)c(-c2ccc(O)cc2)cn(O[C@@H]2CC(=O)CCC(C)OC(=O)C[C@@H]2O)c1=O)CO. The van der Waals surface area contributed by atoms with E-state index in [1.54, 1.807) is 19.9 Å². The standard InChI is InChI=1S/C31H37NO10/c1-4-20(17-33)13-18(2)5-12-25(36)29-30(39)24(21-7-10-22(34)11-8-21)16-32(31(29)40)42-27-14-23(35)9-6-19(3)41-28(38)15-26(27)37/h5,7-8,10-13,16,19-20,26-27,33-34,37,39H,4,6,9,14-15,17H2,1-3H3/b12-5+,18-13+/t19?,20-,26+,27-/m1/s1. The van der Waals surface area contributed by atoms with E-state index in [2.05, 4.69) is 0 Å². The van der Waals surface area contributed by atoms with Gasteiger partial charge in [0.25, 0.3) is 5.56 Å². The summed E-state index contributed by atoms with van der Waals surface area (Å²) in [4.78, 5) is 57.4. The summed E-state index contributed by atoms with van der Waals surface area (Å²) in [5.41, 5.74) is -0.711. The molecule has 1 aliphatic rings. The molecule has 2 heterocycles. The Bertz CT molecular complexity index is 1400. The van der Waals surface area contributed by atoms with Crippen LogP contribution in [0.15, 0.2) is 59.1 Å². The van der Waals surface area contributed by atoms with Crippen molar-refractivity contribution >= 4 is 17.5 Å². The fourth-order valence-electron chi connectivity index (χ4n) is 4.47. The molecule has 1 aromatic heterocycles. The Morgan fingerprint density at radius 1 is 1.14 bits per heavy atom. The van der Waals surface area contributed by atoms with Gasteiger partial charge < -0.3 is 30.0 Å². The van der Waals surface area contributed by atoms with Gasteiger partial charge in [0.1, 0.15) is 28.9 Å². The highest BCUT2D eigenvalue weighted by molar-refractivity contribution is 6.07. The molecule has 0 aliphatic carbocycles. The highest BCUT2D eigenvalue weighted by Crippen LogP contribution is 2.32. The van der Waals surface area contributed by atoms with Gasteiger partial charge in [-0.05, 0) is 50.5 Å². The molecule has 4 N–H and O–H groups in total. The number of ether oxygens (including phenoxy) is 1. The van der Waals surface area contributed by atoms with E-state index >= 15 is 0 Å². The third-order valence-corrected chi connectivity index (χ3v) is 6.98. The number of aliphatic hydroxyl groups excluding tert-OH is 2. The Kier molecular flexibility index (Phi) is 11.2. The first-order chi connectivity index (χ1) is 19.9. The molecule has 11 nitrogen and oxygen atoms in total. The highest BCUT2D eigenvalue weighted by atomic mass is 16.7. The fraction of sp³-hybridized carbons (Fsp3) is 0.419. The van der Waals surface area contributed by atoms with Crippen molar-refractivity contribution in [1.29, 1.82) is 0 Å². The highest BCUT2D eigenvalue weighted by Gasteiger charge is 2.31. The number of phenols is 1. The van der Waals surface area contributed by atoms with Crippen molar-refractivity contribution in [3.8, 4) is 22.6 Å². The predicted molar refractivity (Wildman–Crippen MR) is 153 cm³/mol. The summed E-state index contributed by atoms with van der Waals surface area (Å²) < 4.78 is 5.86. The number of aliphatic hydroxyl groups is 2. The van der Waals surface area contributed by atoms with Gasteiger partial charge in [-0.1, -0.05) is 36.8 Å². The molecule has 42 heavy (non-hydrogen) atoms. The maximum atomic E-state index is 13.5. The molecule has 1 saturated heterocycles. The van der Waals surface area contributed by atoms with Crippen molar-refractivity contribution in [2.75, 3.05) is 6.61 Å². The number of hydrogen-bond donors (Lipinski definition) is 4. The average molecular weight is 584 g/mol. The minimum absolute atomic E-state index is 0.00106. The lowest BCUT2D eigenvalue weighted by atomic mass is 10.00. The molecule has 0 amide bonds. The summed E-state index contributed by atoms with van der Waals surface area (Å²) in [6, 6.07) is 5.61. The Labute approximate surface area is 243 Å². The zero-order valence-electron chi connectivity index (χ0n) is 23.9. The van der Waals surface area contributed by atoms with Crippen LogP contribution in [0.25, 0.3) is 11.1 Å². The zero-order valence-corrected chi connectivity index (χ0v) is 23.9. The van der Waals surface area contributed by atoms with Crippen LogP contribution < -0.4 is 10.4 Å². The number of allylic oxidation sites excluding steroid dienone is 3. The number of aromatic hydroxyl groups is 2. The van der Waals surface area contributed by atoms with Crippen molar-refractivity contribution in [3.63, 3.8) is 0 Å². The number of Topliss-reactive ketones (excluding diaryl/α,β-unsaturated/α-hetero) is 1. The minimum atomic E-state index is -1.52. The molecular formula is C31H37NO10. The van der Waals surface area contributed by atoms with E-state index in [0.29, 0.717) is 22.3 Å². The summed E-state index contributed by atoms with van der Waals surface area (Å²) in [5, 5.41) is 41.0. The van der Waals surface area contributed by atoms with Gasteiger partial charge in [-0.3, -0.25) is 19.2 Å². The van der Waals surface area contributed by atoms with Crippen LogP contribution in [0.1, 0.15) is 63.2 Å².